The van der Waals surface area contributed by atoms with Crippen LogP contribution in [0.1, 0.15) is 75.7 Å². The van der Waals surface area contributed by atoms with Crippen molar-refractivity contribution >= 4 is 5.91 Å². The zero-order valence-electron chi connectivity index (χ0n) is 18.4. The molecule has 2 rings (SSSR count). The lowest BCUT2D eigenvalue weighted by molar-refractivity contribution is 0.0687. The number of nitrogens with zero attached hydrogens (tertiary/aromatic N) is 1. The van der Waals surface area contributed by atoms with E-state index < -0.39 is 0 Å². The summed E-state index contributed by atoms with van der Waals surface area (Å²) < 4.78 is 0. The van der Waals surface area contributed by atoms with Crippen LogP contribution in [0, 0.1) is 0 Å². The monoisotopic (exact) mass is 381 g/mol. The lowest BCUT2D eigenvalue weighted by Crippen LogP contribution is -2.34. The molecule has 1 unspecified atom stereocenters. The van der Waals surface area contributed by atoms with Gasteiger partial charge in [0.15, 0.2) is 0 Å². The topological polar surface area (TPSA) is 20.3 Å². The molecule has 1 atom stereocenters. The minimum Gasteiger partial charge on any atom is -0.331 e. The highest BCUT2D eigenvalue weighted by molar-refractivity contribution is 5.98. The van der Waals surface area contributed by atoms with E-state index in [4.69, 9.17) is 0 Å². The van der Waals surface area contributed by atoms with E-state index in [1.165, 1.54) is 17.6 Å². The summed E-state index contributed by atoms with van der Waals surface area (Å²) in [6.07, 6.45) is 13.9. The molecule has 0 bridgehead atoms. The molecule has 0 saturated heterocycles. The number of rotatable bonds is 8. The van der Waals surface area contributed by atoms with Crippen LogP contribution < -0.4 is 0 Å². The van der Waals surface area contributed by atoms with E-state index in [0.29, 0.717) is 6.04 Å². The van der Waals surface area contributed by atoms with Crippen molar-refractivity contribution in [3.8, 4) is 0 Å². The van der Waals surface area contributed by atoms with Gasteiger partial charge in [-0.1, -0.05) is 82.7 Å². The maximum absolute atomic E-state index is 12.2. The Bertz CT molecular complexity index is 642. The molecule has 2 nitrogen and oxygen atoms in total. The summed E-state index contributed by atoms with van der Waals surface area (Å²) in [6, 6.07) is 8.37. The van der Waals surface area contributed by atoms with Crippen molar-refractivity contribution in [1.82, 2.24) is 4.90 Å². The molecule has 1 aromatic carbocycles. The first-order valence-electron chi connectivity index (χ1n) is 10.5. The standard InChI is InChI=1S/C14H19NO.C10H16.C2H4/c1-3-7-12(4-2)15-10-11-8-5-6-9-13(11)14(15)16;1-4-7-8-9-10(5-2)6-3;1-2/h5-6,8-9,12H,3-4,7,10H2,1-2H3;5-6,8-9H,2,4,7H2,1,3H3;1-2H2/b;9-8+,10-6+;. The predicted octanol–water partition coefficient (Wildman–Crippen LogP) is 7.50. The second-order valence-electron chi connectivity index (χ2n) is 6.62. The molecule has 154 valence electrons. The van der Waals surface area contributed by atoms with Gasteiger partial charge in [-0.25, -0.2) is 0 Å². The van der Waals surface area contributed by atoms with Crippen molar-refractivity contribution < 1.29 is 4.79 Å². The van der Waals surface area contributed by atoms with Gasteiger partial charge in [0.25, 0.3) is 5.91 Å². The number of benzene rings is 1. The Morgan fingerprint density at radius 3 is 2.36 bits per heavy atom. The van der Waals surface area contributed by atoms with Crippen LogP contribution in [0.25, 0.3) is 0 Å². The molecule has 0 spiro atoms. The van der Waals surface area contributed by atoms with Gasteiger partial charge < -0.3 is 4.90 Å². The van der Waals surface area contributed by atoms with Gasteiger partial charge in [-0.2, -0.15) is 0 Å². The summed E-state index contributed by atoms with van der Waals surface area (Å²) in [6.45, 7) is 19.0. The molecule has 0 aliphatic carbocycles. The second kappa shape index (κ2) is 15.7. The van der Waals surface area contributed by atoms with Gasteiger partial charge in [0, 0.05) is 18.2 Å². The molecule has 28 heavy (non-hydrogen) atoms. The third-order valence-electron chi connectivity index (χ3n) is 4.72. The molecular formula is C26H39NO. The maximum atomic E-state index is 12.2. The van der Waals surface area contributed by atoms with Crippen LogP contribution in [0.5, 0.6) is 0 Å². The number of carbonyl (C=O) groups excluding carboxylic acids is 1. The Kier molecular flexibility index (Phi) is 14.4. The second-order valence-corrected chi connectivity index (χ2v) is 6.62. The highest BCUT2D eigenvalue weighted by Gasteiger charge is 2.30. The molecule has 0 aromatic heterocycles. The molecule has 1 heterocycles. The summed E-state index contributed by atoms with van der Waals surface area (Å²) >= 11 is 0. The fourth-order valence-electron chi connectivity index (χ4n) is 3.15. The number of carbonyl (C=O) groups is 1. The molecule has 1 aliphatic heterocycles. The molecule has 1 amide bonds. The van der Waals surface area contributed by atoms with E-state index in [0.717, 1.165) is 37.8 Å². The Balaban J connectivity index is 0.000000528. The molecule has 0 N–H and O–H groups in total. The lowest BCUT2D eigenvalue weighted by Gasteiger charge is -2.26. The van der Waals surface area contributed by atoms with Crippen molar-refractivity contribution in [2.75, 3.05) is 0 Å². The molecule has 0 radical (unpaired) electrons. The molecule has 0 fully saturated rings. The number of allylic oxidation sites excluding steroid dienone is 5. The highest BCUT2D eigenvalue weighted by Crippen LogP contribution is 2.26. The first-order chi connectivity index (χ1) is 13.6. The van der Waals surface area contributed by atoms with E-state index in [9.17, 15) is 4.79 Å². The van der Waals surface area contributed by atoms with Crippen LogP contribution in [-0.4, -0.2) is 16.8 Å². The van der Waals surface area contributed by atoms with Crippen LogP contribution in [0.4, 0.5) is 0 Å². The molecule has 0 saturated carbocycles. The molecule has 1 aromatic rings. The van der Waals surface area contributed by atoms with Gasteiger partial charge in [0.05, 0.1) is 0 Å². The van der Waals surface area contributed by atoms with Crippen molar-refractivity contribution in [3.63, 3.8) is 0 Å². The number of hydrogen-bond acceptors (Lipinski definition) is 1. The SMILES string of the molecule is C=C.C=CC(/C=C/CCC)=C\C.CCCC(CC)N1Cc2ccccc2C1=O. The van der Waals surface area contributed by atoms with Gasteiger partial charge in [0.1, 0.15) is 0 Å². The Morgan fingerprint density at radius 1 is 1.18 bits per heavy atom. The Hall–Kier alpha value is -2.35. The fraction of sp³-hybridized carbons (Fsp3) is 0.423. The minimum atomic E-state index is 0.218. The number of fused-ring (bicyclic) bond motifs is 1. The van der Waals surface area contributed by atoms with Gasteiger partial charge >= 0.3 is 0 Å². The number of hydrogen-bond donors (Lipinski definition) is 0. The quantitative estimate of drug-likeness (QED) is 0.337. The minimum absolute atomic E-state index is 0.218. The lowest BCUT2D eigenvalue weighted by atomic mass is 10.1. The average molecular weight is 382 g/mol. The van der Waals surface area contributed by atoms with Crippen LogP contribution in [0.3, 0.4) is 0 Å². The summed E-state index contributed by atoms with van der Waals surface area (Å²) in [5.41, 5.74) is 3.28. The molecular weight excluding hydrogens is 342 g/mol. The summed E-state index contributed by atoms with van der Waals surface area (Å²) in [5, 5.41) is 0. The number of amides is 1. The number of unbranched alkanes of at least 4 members (excludes halogenated alkanes) is 1. The summed E-state index contributed by atoms with van der Waals surface area (Å²) in [4.78, 5) is 14.2. The zero-order valence-corrected chi connectivity index (χ0v) is 18.4. The normalized spacial score (nSPS) is 13.9. The highest BCUT2D eigenvalue weighted by atomic mass is 16.2. The van der Waals surface area contributed by atoms with Gasteiger partial charge in [-0.05, 0) is 43.4 Å². The zero-order chi connectivity index (χ0) is 21.4. The fourth-order valence-corrected chi connectivity index (χ4v) is 3.15. The smallest absolute Gasteiger partial charge is 0.254 e. The van der Waals surface area contributed by atoms with Gasteiger partial charge in [-0.3, -0.25) is 4.79 Å². The van der Waals surface area contributed by atoms with E-state index in [1.807, 2.05) is 36.1 Å². The predicted molar refractivity (Wildman–Crippen MR) is 125 cm³/mol. The van der Waals surface area contributed by atoms with Crippen LogP contribution in [0.2, 0.25) is 0 Å². The third kappa shape index (κ3) is 8.12. The first kappa shape index (κ1) is 25.6. The third-order valence-corrected chi connectivity index (χ3v) is 4.72. The van der Waals surface area contributed by atoms with E-state index >= 15 is 0 Å². The van der Waals surface area contributed by atoms with Crippen LogP contribution in [0.15, 0.2) is 73.9 Å². The van der Waals surface area contributed by atoms with E-state index in [2.05, 4.69) is 64.8 Å². The van der Waals surface area contributed by atoms with Crippen LogP contribution >= 0.6 is 0 Å². The summed E-state index contributed by atoms with van der Waals surface area (Å²) in [5.74, 6) is 0.218. The molecule has 2 heteroatoms. The van der Waals surface area contributed by atoms with Crippen molar-refractivity contribution in [2.24, 2.45) is 0 Å². The van der Waals surface area contributed by atoms with Crippen molar-refractivity contribution in [1.29, 1.82) is 0 Å². The van der Waals surface area contributed by atoms with Crippen molar-refractivity contribution in [3.05, 3.63) is 85.0 Å². The Labute approximate surface area is 173 Å². The molecule has 1 aliphatic rings. The maximum Gasteiger partial charge on any atom is 0.254 e. The average Bonchev–Trinajstić information content (AvgIpc) is 3.08. The van der Waals surface area contributed by atoms with Gasteiger partial charge in [0.2, 0.25) is 0 Å². The van der Waals surface area contributed by atoms with Gasteiger partial charge in [-0.15, -0.1) is 13.2 Å². The largest absolute Gasteiger partial charge is 0.331 e. The van der Waals surface area contributed by atoms with E-state index in [1.54, 1.807) is 0 Å². The van der Waals surface area contributed by atoms with Crippen LogP contribution in [-0.2, 0) is 6.54 Å². The van der Waals surface area contributed by atoms with Crippen molar-refractivity contribution in [2.45, 2.75) is 72.4 Å². The first-order valence-corrected chi connectivity index (χ1v) is 10.5. The van der Waals surface area contributed by atoms with E-state index in [-0.39, 0.29) is 5.91 Å². The Morgan fingerprint density at radius 2 is 1.86 bits per heavy atom. The summed E-state index contributed by atoms with van der Waals surface area (Å²) in [7, 11) is 0.